The highest BCUT2D eigenvalue weighted by atomic mass is 32.2. The van der Waals surface area contributed by atoms with Gasteiger partial charge in [0.25, 0.3) is 0 Å². The zero-order valence-corrected chi connectivity index (χ0v) is 16.4. The Labute approximate surface area is 164 Å². The van der Waals surface area contributed by atoms with Crippen molar-refractivity contribution in [3.05, 3.63) is 71.9 Å². The van der Waals surface area contributed by atoms with Gasteiger partial charge in [0.2, 0.25) is 0 Å². The van der Waals surface area contributed by atoms with E-state index in [2.05, 4.69) is 35.4 Å². The monoisotopic (exact) mass is 376 g/mol. The average Bonchev–Trinajstić information content (AvgIpc) is 2.73. The standard InChI is InChI=1S/C23H24N2OS/c1-27-21-12-9-18(10-13-21)23(26)19-6-4-14-25(15-19)16-20-11-8-17-5-2-3-7-22(17)24-20/h2-3,5,7-13,19H,4,6,14-16H2,1H3. The molecule has 1 aliphatic rings. The minimum absolute atomic E-state index is 0.0827. The normalized spacial score (nSPS) is 17.9. The summed E-state index contributed by atoms with van der Waals surface area (Å²) in [5.41, 5.74) is 2.95. The van der Waals surface area contributed by atoms with Crippen LogP contribution in [0.5, 0.6) is 0 Å². The lowest BCUT2D eigenvalue weighted by Crippen LogP contribution is -2.38. The summed E-state index contributed by atoms with van der Waals surface area (Å²) in [4.78, 5) is 21.3. The van der Waals surface area contributed by atoms with Gasteiger partial charge in [-0.15, -0.1) is 11.8 Å². The highest BCUT2D eigenvalue weighted by Crippen LogP contribution is 2.24. The zero-order valence-electron chi connectivity index (χ0n) is 15.6. The Hall–Kier alpha value is -2.17. The van der Waals surface area contributed by atoms with Crippen molar-refractivity contribution < 1.29 is 4.79 Å². The largest absolute Gasteiger partial charge is 0.297 e. The zero-order chi connectivity index (χ0) is 18.6. The third kappa shape index (κ3) is 4.23. The fourth-order valence-electron chi connectivity index (χ4n) is 3.83. The van der Waals surface area contributed by atoms with E-state index in [-0.39, 0.29) is 11.7 Å². The smallest absolute Gasteiger partial charge is 0.167 e. The third-order valence-corrected chi connectivity index (χ3v) is 6.04. The molecule has 0 radical (unpaired) electrons. The summed E-state index contributed by atoms with van der Waals surface area (Å²) >= 11 is 1.70. The highest BCUT2D eigenvalue weighted by molar-refractivity contribution is 7.98. The summed E-state index contributed by atoms with van der Waals surface area (Å²) in [6, 6.07) is 20.5. The number of ketones is 1. The molecule has 1 saturated heterocycles. The molecule has 0 N–H and O–H groups in total. The lowest BCUT2D eigenvalue weighted by atomic mass is 9.90. The van der Waals surface area contributed by atoms with Crippen molar-refractivity contribution in [2.75, 3.05) is 19.3 Å². The van der Waals surface area contributed by atoms with Gasteiger partial charge in [-0.05, 0) is 49.9 Å². The number of nitrogens with zero attached hydrogens (tertiary/aromatic N) is 2. The van der Waals surface area contributed by atoms with Gasteiger partial charge in [0, 0.05) is 34.9 Å². The molecular weight excluding hydrogens is 352 g/mol. The Morgan fingerprint density at radius 2 is 1.93 bits per heavy atom. The van der Waals surface area contributed by atoms with E-state index < -0.39 is 0 Å². The number of hydrogen-bond acceptors (Lipinski definition) is 4. The summed E-state index contributed by atoms with van der Waals surface area (Å²) in [5.74, 6) is 0.359. The minimum atomic E-state index is 0.0827. The van der Waals surface area contributed by atoms with Crippen LogP contribution in [0.3, 0.4) is 0 Å². The fraction of sp³-hybridized carbons (Fsp3) is 0.304. The van der Waals surface area contributed by atoms with E-state index in [1.807, 2.05) is 36.4 Å². The SMILES string of the molecule is CSc1ccc(C(=O)C2CCCN(Cc3ccc4ccccc4n3)C2)cc1. The van der Waals surface area contributed by atoms with Gasteiger partial charge in [-0.25, -0.2) is 0 Å². The first-order chi connectivity index (χ1) is 13.2. The molecule has 27 heavy (non-hydrogen) atoms. The van der Waals surface area contributed by atoms with Crippen molar-refractivity contribution >= 4 is 28.4 Å². The number of aromatic nitrogens is 1. The van der Waals surface area contributed by atoms with Crippen LogP contribution in [0.25, 0.3) is 10.9 Å². The van der Waals surface area contributed by atoms with E-state index in [1.165, 1.54) is 10.3 Å². The molecule has 1 aromatic heterocycles. The first kappa shape index (κ1) is 18.2. The molecule has 4 rings (SSSR count). The number of para-hydroxylation sites is 1. The van der Waals surface area contributed by atoms with E-state index in [1.54, 1.807) is 11.8 Å². The van der Waals surface area contributed by atoms with Crippen LogP contribution >= 0.6 is 11.8 Å². The van der Waals surface area contributed by atoms with Gasteiger partial charge in [-0.2, -0.15) is 0 Å². The molecule has 4 heteroatoms. The Bertz CT molecular complexity index is 939. The molecule has 1 aliphatic heterocycles. The van der Waals surface area contributed by atoms with Crippen molar-refractivity contribution in [1.82, 2.24) is 9.88 Å². The molecule has 1 fully saturated rings. The van der Waals surface area contributed by atoms with E-state index in [4.69, 9.17) is 4.98 Å². The summed E-state index contributed by atoms with van der Waals surface area (Å²) < 4.78 is 0. The summed E-state index contributed by atoms with van der Waals surface area (Å²) in [6.45, 7) is 2.65. The van der Waals surface area contributed by atoms with Gasteiger partial charge in [-0.3, -0.25) is 14.7 Å². The van der Waals surface area contributed by atoms with Crippen LogP contribution in [-0.2, 0) is 6.54 Å². The second-order valence-electron chi connectivity index (χ2n) is 7.16. The van der Waals surface area contributed by atoms with Crippen LogP contribution < -0.4 is 0 Å². The van der Waals surface area contributed by atoms with E-state index in [0.29, 0.717) is 0 Å². The number of carbonyl (C=O) groups is 1. The van der Waals surface area contributed by atoms with Gasteiger partial charge >= 0.3 is 0 Å². The highest BCUT2D eigenvalue weighted by Gasteiger charge is 2.26. The maximum Gasteiger partial charge on any atom is 0.167 e. The second-order valence-corrected chi connectivity index (χ2v) is 8.04. The number of pyridine rings is 1. The minimum Gasteiger partial charge on any atom is -0.297 e. The maximum atomic E-state index is 12.9. The molecule has 0 bridgehead atoms. The van der Waals surface area contributed by atoms with Gasteiger partial charge < -0.3 is 0 Å². The Balaban J connectivity index is 1.44. The molecule has 3 aromatic rings. The third-order valence-electron chi connectivity index (χ3n) is 5.29. The summed E-state index contributed by atoms with van der Waals surface area (Å²) in [5, 5.41) is 1.17. The molecule has 1 unspecified atom stereocenters. The number of hydrogen-bond donors (Lipinski definition) is 0. The number of likely N-dealkylation sites (tertiary alicyclic amines) is 1. The number of piperidine rings is 1. The number of thioether (sulfide) groups is 1. The molecule has 0 aliphatic carbocycles. The number of Topliss-reactive ketones (excluding diaryl/α,β-unsaturated/α-hetero) is 1. The van der Waals surface area contributed by atoms with Gasteiger partial charge in [0.15, 0.2) is 5.78 Å². The second kappa shape index (κ2) is 8.24. The predicted molar refractivity (Wildman–Crippen MR) is 112 cm³/mol. The topological polar surface area (TPSA) is 33.2 Å². The molecule has 0 amide bonds. The molecule has 2 aromatic carbocycles. The van der Waals surface area contributed by atoms with Crippen LogP contribution in [0.15, 0.2) is 65.6 Å². The lowest BCUT2D eigenvalue weighted by Gasteiger charge is -2.31. The summed E-state index contributed by atoms with van der Waals surface area (Å²) in [6.07, 6.45) is 4.09. The van der Waals surface area contributed by atoms with Gasteiger partial charge in [0.1, 0.15) is 0 Å². The molecular formula is C23H24N2OS. The first-order valence-corrected chi connectivity index (χ1v) is 10.7. The van der Waals surface area contributed by atoms with E-state index in [9.17, 15) is 4.79 Å². The van der Waals surface area contributed by atoms with Crippen LogP contribution in [0, 0.1) is 5.92 Å². The van der Waals surface area contributed by atoms with Crippen molar-refractivity contribution in [2.24, 2.45) is 5.92 Å². The van der Waals surface area contributed by atoms with Crippen LogP contribution in [0.1, 0.15) is 28.9 Å². The molecule has 138 valence electrons. The maximum absolute atomic E-state index is 12.9. The van der Waals surface area contributed by atoms with E-state index >= 15 is 0 Å². The van der Waals surface area contributed by atoms with Crippen molar-refractivity contribution in [3.8, 4) is 0 Å². The van der Waals surface area contributed by atoms with E-state index in [0.717, 1.165) is 49.2 Å². The lowest BCUT2D eigenvalue weighted by molar-refractivity contribution is 0.0810. The molecule has 1 atom stereocenters. The molecule has 0 spiro atoms. The van der Waals surface area contributed by atoms with Crippen molar-refractivity contribution in [2.45, 2.75) is 24.3 Å². The Kier molecular flexibility index (Phi) is 5.55. The number of carbonyl (C=O) groups excluding carboxylic acids is 1. The van der Waals surface area contributed by atoms with Gasteiger partial charge in [-0.1, -0.05) is 36.4 Å². The number of benzene rings is 2. The first-order valence-electron chi connectivity index (χ1n) is 9.48. The molecule has 2 heterocycles. The number of fused-ring (bicyclic) bond motifs is 1. The number of rotatable bonds is 5. The Morgan fingerprint density at radius 3 is 2.74 bits per heavy atom. The average molecular weight is 377 g/mol. The molecule has 0 saturated carbocycles. The molecule has 3 nitrogen and oxygen atoms in total. The van der Waals surface area contributed by atoms with Crippen molar-refractivity contribution in [1.29, 1.82) is 0 Å². The van der Waals surface area contributed by atoms with Crippen molar-refractivity contribution in [3.63, 3.8) is 0 Å². The van der Waals surface area contributed by atoms with Gasteiger partial charge in [0.05, 0.1) is 11.2 Å². The Morgan fingerprint density at radius 1 is 1.11 bits per heavy atom. The fourth-order valence-corrected chi connectivity index (χ4v) is 4.24. The predicted octanol–water partition coefficient (Wildman–Crippen LogP) is 5.05. The van der Waals surface area contributed by atoms with Crippen LogP contribution in [0.2, 0.25) is 0 Å². The van der Waals surface area contributed by atoms with Crippen LogP contribution in [-0.4, -0.2) is 35.0 Å². The quantitative estimate of drug-likeness (QED) is 0.461. The summed E-state index contributed by atoms with van der Waals surface area (Å²) in [7, 11) is 0. The van der Waals surface area contributed by atoms with Crippen LogP contribution in [0.4, 0.5) is 0 Å².